The minimum atomic E-state index is -3.38. The molecule has 7 nitrogen and oxygen atoms in total. The summed E-state index contributed by atoms with van der Waals surface area (Å²) in [4.78, 5) is 39.6. The Morgan fingerprint density at radius 1 is 1.00 bits per heavy atom. The van der Waals surface area contributed by atoms with Crippen LogP contribution in [0.5, 0.6) is 0 Å². The highest BCUT2D eigenvalue weighted by molar-refractivity contribution is 7.90. The normalized spacial score (nSPS) is 21.8. The van der Waals surface area contributed by atoms with Gasteiger partial charge in [-0.05, 0) is 48.9 Å². The van der Waals surface area contributed by atoms with Gasteiger partial charge < -0.3 is 5.32 Å². The van der Waals surface area contributed by atoms with Crippen LogP contribution in [-0.2, 0) is 20.2 Å². The number of sulfone groups is 1. The number of benzene rings is 2. The van der Waals surface area contributed by atoms with Gasteiger partial charge in [-0.15, -0.1) is 0 Å². The average Bonchev–Trinajstić information content (AvgIpc) is 3.03. The lowest BCUT2D eigenvalue weighted by Crippen LogP contribution is -2.41. The van der Waals surface area contributed by atoms with Crippen molar-refractivity contribution in [3.05, 3.63) is 65.2 Å². The molecule has 1 atom stereocenters. The molecule has 1 unspecified atom stereocenters. The number of ketones is 1. The summed E-state index contributed by atoms with van der Waals surface area (Å²) in [6.07, 6.45) is 7.17. The van der Waals surface area contributed by atoms with Crippen LogP contribution in [-0.4, -0.2) is 43.8 Å². The summed E-state index contributed by atoms with van der Waals surface area (Å²) in [6.45, 7) is 1.19. The van der Waals surface area contributed by atoms with Gasteiger partial charge >= 0.3 is 6.03 Å². The molecule has 1 saturated carbocycles. The monoisotopic (exact) mass is 468 g/mol. The first kappa shape index (κ1) is 23.2. The molecule has 174 valence electrons. The van der Waals surface area contributed by atoms with E-state index in [1.54, 1.807) is 19.1 Å². The van der Waals surface area contributed by atoms with Crippen LogP contribution in [0.1, 0.15) is 66.4 Å². The molecule has 2 aliphatic rings. The van der Waals surface area contributed by atoms with E-state index in [2.05, 4.69) is 5.32 Å². The van der Waals surface area contributed by atoms with Crippen molar-refractivity contribution < 1.29 is 22.8 Å². The number of urea groups is 1. The standard InChI is InChI=1S/C25H28N2O5S/c1-25(20-12-14-21(15-13-20)33(2,31)32)23(29)27(24(30)26-25)16-22(28)19-10-8-18(9-11-19)17-6-4-3-5-7-17/h8-15,17H,3-7,16H2,1-2H3,(H,26,30). The van der Waals surface area contributed by atoms with Gasteiger partial charge in [-0.25, -0.2) is 13.2 Å². The zero-order chi connectivity index (χ0) is 23.8. The highest BCUT2D eigenvalue weighted by atomic mass is 32.2. The number of imide groups is 1. The quantitative estimate of drug-likeness (QED) is 0.514. The van der Waals surface area contributed by atoms with Crippen LogP contribution in [0, 0.1) is 0 Å². The van der Waals surface area contributed by atoms with Gasteiger partial charge in [-0.3, -0.25) is 14.5 Å². The van der Waals surface area contributed by atoms with Crippen molar-refractivity contribution in [3.8, 4) is 0 Å². The van der Waals surface area contributed by atoms with Gasteiger partial charge in [-0.1, -0.05) is 55.7 Å². The van der Waals surface area contributed by atoms with Gasteiger partial charge in [0.15, 0.2) is 15.6 Å². The molecule has 4 rings (SSSR count). The first-order chi connectivity index (χ1) is 15.6. The van der Waals surface area contributed by atoms with Crippen molar-refractivity contribution >= 4 is 27.6 Å². The third-order valence-electron chi connectivity index (χ3n) is 6.75. The number of carbonyl (C=O) groups excluding carboxylic acids is 3. The molecule has 0 radical (unpaired) electrons. The molecule has 1 heterocycles. The van der Waals surface area contributed by atoms with Crippen molar-refractivity contribution in [3.63, 3.8) is 0 Å². The summed E-state index contributed by atoms with van der Waals surface area (Å²) in [5.74, 6) is -0.333. The van der Waals surface area contributed by atoms with Crippen LogP contribution >= 0.6 is 0 Å². The Kier molecular flexibility index (Phi) is 6.14. The second-order valence-corrected chi connectivity index (χ2v) is 11.1. The van der Waals surface area contributed by atoms with Gasteiger partial charge in [0.05, 0.1) is 11.4 Å². The molecule has 33 heavy (non-hydrogen) atoms. The number of nitrogens with zero attached hydrogens (tertiary/aromatic N) is 1. The number of rotatable bonds is 6. The Morgan fingerprint density at radius 3 is 2.18 bits per heavy atom. The molecule has 1 aliphatic carbocycles. The molecule has 2 aromatic rings. The number of carbonyl (C=O) groups is 3. The number of Topliss-reactive ketones (excluding diaryl/α,β-unsaturated/α-hetero) is 1. The van der Waals surface area contributed by atoms with Crippen LogP contribution < -0.4 is 5.32 Å². The van der Waals surface area contributed by atoms with E-state index in [1.165, 1.54) is 61.9 Å². The van der Waals surface area contributed by atoms with Crippen LogP contribution in [0.2, 0.25) is 0 Å². The Balaban J connectivity index is 1.48. The maximum atomic E-state index is 13.1. The van der Waals surface area contributed by atoms with Crippen molar-refractivity contribution in [2.45, 2.75) is 55.4 Å². The molecule has 1 saturated heterocycles. The second kappa shape index (κ2) is 8.74. The highest BCUT2D eigenvalue weighted by Gasteiger charge is 2.49. The largest absolute Gasteiger partial charge is 0.325 e. The van der Waals surface area contributed by atoms with Crippen LogP contribution in [0.4, 0.5) is 4.79 Å². The predicted octanol–water partition coefficient (Wildman–Crippen LogP) is 3.79. The molecule has 8 heteroatoms. The predicted molar refractivity (Wildman–Crippen MR) is 124 cm³/mol. The lowest BCUT2D eigenvalue weighted by Gasteiger charge is -2.22. The van der Waals surface area contributed by atoms with Crippen LogP contribution in [0.3, 0.4) is 0 Å². The Bertz CT molecular complexity index is 1180. The van der Waals surface area contributed by atoms with Gasteiger partial charge in [0.1, 0.15) is 5.54 Å². The van der Waals surface area contributed by atoms with E-state index in [9.17, 15) is 22.8 Å². The molecule has 2 fully saturated rings. The topological polar surface area (TPSA) is 101 Å². The van der Waals surface area contributed by atoms with E-state index in [0.29, 0.717) is 17.0 Å². The number of hydrogen-bond acceptors (Lipinski definition) is 5. The molecule has 0 aromatic heterocycles. The summed E-state index contributed by atoms with van der Waals surface area (Å²) in [7, 11) is -3.38. The van der Waals surface area contributed by atoms with Crippen LogP contribution in [0.25, 0.3) is 0 Å². The van der Waals surface area contributed by atoms with E-state index in [-0.39, 0.29) is 17.2 Å². The summed E-state index contributed by atoms with van der Waals surface area (Å²) in [5, 5.41) is 2.65. The molecule has 3 amide bonds. The second-order valence-electron chi connectivity index (χ2n) is 9.12. The summed E-state index contributed by atoms with van der Waals surface area (Å²) < 4.78 is 23.4. The zero-order valence-electron chi connectivity index (χ0n) is 18.8. The Labute approximate surface area is 194 Å². The van der Waals surface area contributed by atoms with Gasteiger partial charge in [0.25, 0.3) is 5.91 Å². The fourth-order valence-corrected chi connectivity index (χ4v) is 5.31. The third kappa shape index (κ3) is 4.57. The maximum absolute atomic E-state index is 13.1. The number of hydrogen-bond donors (Lipinski definition) is 1. The SMILES string of the molecule is CC1(c2ccc(S(C)(=O)=O)cc2)NC(=O)N(CC(=O)c2ccc(C3CCCCC3)cc2)C1=O. The number of nitrogens with one attached hydrogen (secondary N) is 1. The van der Waals surface area contributed by atoms with E-state index < -0.39 is 27.3 Å². The molecule has 1 aliphatic heterocycles. The van der Waals surface area contributed by atoms with Gasteiger partial charge in [0.2, 0.25) is 0 Å². The van der Waals surface area contributed by atoms with Crippen LogP contribution in [0.15, 0.2) is 53.4 Å². The molecular weight excluding hydrogens is 440 g/mol. The van der Waals surface area contributed by atoms with E-state index in [4.69, 9.17) is 0 Å². The van der Waals surface area contributed by atoms with Gasteiger partial charge in [0, 0.05) is 11.8 Å². The van der Waals surface area contributed by atoms with E-state index in [0.717, 1.165) is 11.2 Å². The maximum Gasteiger partial charge on any atom is 0.325 e. The molecule has 0 spiro atoms. The Hall–Kier alpha value is -3.00. The van der Waals surface area contributed by atoms with E-state index >= 15 is 0 Å². The minimum Gasteiger partial charge on any atom is -0.319 e. The summed E-state index contributed by atoms with van der Waals surface area (Å²) in [5.41, 5.74) is 0.755. The number of amides is 3. The zero-order valence-corrected chi connectivity index (χ0v) is 19.7. The fraction of sp³-hybridized carbons (Fsp3) is 0.400. The summed E-state index contributed by atoms with van der Waals surface area (Å²) >= 11 is 0. The van der Waals surface area contributed by atoms with Crippen molar-refractivity contribution in [2.75, 3.05) is 12.8 Å². The first-order valence-electron chi connectivity index (χ1n) is 11.2. The molecular formula is C25H28N2O5S. The highest BCUT2D eigenvalue weighted by Crippen LogP contribution is 2.33. The smallest absolute Gasteiger partial charge is 0.319 e. The van der Waals surface area contributed by atoms with E-state index in [1.807, 2.05) is 12.1 Å². The summed E-state index contributed by atoms with van der Waals surface area (Å²) in [6, 6.07) is 12.6. The first-order valence-corrected chi connectivity index (χ1v) is 13.1. The molecule has 1 N–H and O–H groups in total. The third-order valence-corrected chi connectivity index (χ3v) is 7.87. The molecule has 2 aromatic carbocycles. The lowest BCUT2D eigenvalue weighted by atomic mass is 9.84. The minimum absolute atomic E-state index is 0.121. The molecule has 0 bridgehead atoms. The van der Waals surface area contributed by atoms with Crippen molar-refractivity contribution in [1.29, 1.82) is 0 Å². The average molecular weight is 469 g/mol. The van der Waals surface area contributed by atoms with Crippen molar-refractivity contribution in [1.82, 2.24) is 10.2 Å². The van der Waals surface area contributed by atoms with Crippen molar-refractivity contribution in [2.24, 2.45) is 0 Å². The van der Waals surface area contributed by atoms with Gasteiger partial charge in [-0.2, -0.15) is 0 Å². The lowest BCUT2D eigenvalue weighted by molar-refractivity contribution is -0.130. The Morgan fingerprint density at radius 2 is 1.61 bits per heavy atom. The fourth-order valence-electron chi connectivity index (χ4n) is 4.68.